The maximum atomic E-state index is 8.74. The molecule has 0 aliphatic carbocycles. The number of ether oxygens (including phenoxy) is 1. The van der Waals surface area contributed by atoms with Crippen molar-refractivity contribution < 1.29 is 9.84 Å². The standard InChI is InChI=1S/C8H16O2.C3H8/c1-4-5-6-10-8(2,3)7-9;1-3-2/h4-5,9H,6-7H2,1-3H3;3H2,1-2H3/b5-4+;. The van der Waals surface area contributed by atoms with Crippen molar-refractivity contribution in [3.8, 4) is 0 Å². The van der Waals surface area contributed by atoms with E-state index in [1.54, 1.807) is 0 Å². The van der Waals surface area contributed by atoms with Crippen molar-refractivity contribution in [2.24, 2.45) is 0 Å². The lowest BCUT2D eigenvalue weighted by Crippen LogP contribution is -2.28. The van der Waals surface area contributed by atoms with E-state index in [1.165, 1.54) is 6.42 Å². The Morgan fingerprint density at radius 3 is 2.08 bits per heavy atom. The fourth-order valence-electron chi connectivity index (χ4n) is 0.416. The second kappa shape index (κ2) is 9.75. The highest BCUT2D eigenvalue weighted by Crippen LogP contribution is 2.06. The first kappa shape index (κ1) is 15.1. The third-order valence-electron chi connectivity index (χ3n) is 1.19. The first-order valence-corrected chi connectivity index (χ1v) is 4.90. The molecule has 0 rings (SSSR count). The minimum absolute atomic E-state index is 0.0601. The van der Waals surface area contributed by atoms with E-state index in [9.17, 15) is 0 Å². The van der Waals surface area contributed by atoms with Crippen LogP contribution in [0.1, 0.15) is 41.0 Å². The highest BCUT2D eigenvalue weighted by molar-refractivity contribution is 4.78. The maximum absolute atomic E-state index is 8.74. The molecule has 80 valence electrons. The second-order valence-corrected chi connectivity index (χ2v) is 3.50. The van der Waals surface area contributed by atoms with Crippen LogP contribution in [-0.4, -0.2) is 23.9 Å². The number of hydrogen-bond donors (Lipinski definition) is 1. The Balaban J connectivity index is 0. The van der Waals surface area contributed by atoms with Crippen LogP contribution in [-0.2, 0) is 4.74 Å². The lowest BCUT2D eigenvalue weighted by atomic mass is 10.1. The van der Waals surface area contributed by atoms with Gasteiger partial charge in [-0.05, 0) is 20.8 Å². The molecule has 0 bridgehead atoms. The Bertz CT molecular complexity index is 117. The zero-order valence-corrected chi connectivity index (χ0v) is 9.63. The zero-order chi connectivity index (χ0) is 10.7. The van der Waals surface area contributed by atoms with Gasteiger partial charge in [-0.25, -0.2) is 0 Å². The van der Waals surface area contributed by atoms with Gasteiger partial charge in [0.25, 0.3) is 0 Å². The van der Waals surface area contributed by atoms with Gasteiger partial charge in [-0.2, -0.15) is 0 Å². The highest BCUT2D eigenvalue weighted by Gasteiger charge is 2.14. The summed E-state index contributed by atoms with van der Waals surface area (Å²) in [5.74, 6) is 0. The monoisotopic (exact) mass is 188 g/mol. The van der Waals surface area contributed by atoms with Crippen LogP contribution < -0.4 is 0 Å². The van der Waals surface area contributed by atoms with Gasteiger partial charge in [0, 0.05) is 0 Å². The van der Waals surface area contributed by atoms with Crippen LogP contribution in [0.25, 0.3) is 0 Å². The molecule has 0 saturated heterocycles. The summed E-state index contributed by atoms with van der Waals surface area (Å²) in [7, 11) is 0. The Hall–Kier alpha value is -0.340. The fraction of sp³-hybridized carbons (Fsp3) is 0.818. The van der Waals surface area contributed by atoms with Gasteiger partial charge >= 0.3 is 0 Å². The summed E-state index contributed by atoms with van der Waals surface area (Å²) in [5.41, 5.74) is -0.403. The summed E-state index contributed by atoms with van der Waals surface area (Å²) in [6, 6.07) is 0. The van der Waals surface area contributed by atoms with Crippen molar-refractivity contribution in [3.05, 3.63) is 12.2 Å². The average molecular weight is 188 g/mol. The van der Waals surface area contributed by atoms with Gasteiger partial charge in [-0.3, -0.25) is 0 Å². The van der Waals surface area contributed by atoms with Gasteiger partial charge < -0.3 is 9.84 Å². The van der Waals surface area contributed by atoms with Gasteiger partial charge in [0.05, 0.1) is 18.8 Å². The van der Waals surface area contributed by atoms with E-state index in [-0.39, 0.29) is 6.61 Å². The van der Waals surface area contributed by atoms with E-state index in [2.05, 4.69) is 13.8 Å². The Morgan fingerprint density at radius 2 is 1.77 bits per heavy atom. The minimum atomic E-state index is -0.403. The average Bonchev–Trinajstić information content (AvgIpc) is 2.06. The van der Waals surface area contributed by atoms with Crippen LogP contribution in [0.2, 0.25) is 0 Å². The molecule has 13 heavy (non-hydrogen) atoms. The fourth-order valence-corrected chi connectivity index (χ4v) is 0.416. The van der Waals surface area contributed by atoms with E-state index in [1.807, 2.05) is 32.9 Å². The smallest absolute Gasteiger partial charge is 0.0860 e. The second-order valence-electron chi connectivity index (χ2n) is 3.50. The normalized spacial score (nSPS) is 11.2. The van der Waals surface area contributed by atoms with E-state index in [0.717, 1.165) is 0 Å². The van der Waals surface area contributed by atoms with Crippen LogP contribution >= 0.6 is 0 Å². The summed E-state index contributed by atoms with van der Waals surface area (Å²) in [5, 5.41) is 8.74. The van der Waals surface area contributed by atoms with E-state index in [4.69, 9.17) is 9.84 Å². The van der Waals surface area contributed by atoms with Gasteiger partial charge in [-0.1, -0.05) is 32.4 Å². The van der Waals surface area contributed by atoms with Crippen LogP contribution in [0.4, 0.5) is 0 Å². The summed E-state index contributed by atoms with van der Waals surface area (Å²) in [6.45, 7) is 10.5. The number of aliphatic hydroxyl groups excluding tert-OH is 1. The summed E-state index contributed by atoms with van der Waals surface area (Å²) >= 11 is 0. The van der Waals surface area contributed by atoms with Gasteiger partial charge in [0.15, 0.2) is 0 Å². The molecular weight excluding hydrogens is 164 g/mol. The molecule has 0 saturated carbocycles. The Kier molecular flexibility index (Phi) is 11.4. The number of rotatable bonds is 4. The molecule has 0 amide bonds. The largest absolute Gasteiger partial charge is 0.393 e. The van der Waals surface area contributed by atoms with Gasteiger partial charge in [0.1, 0.15) is 0 Å². The van der Waals surface area contributed by atoms with Crippen molar-refractivity contribution in [3.63, 3.8) is 0 Å². The van der Waals surface area contributed by atoms with Gasteiger partial charge in [-0.15, -0.1) is 0 Å². The summed E-state index contributed by atoms with van der Waals surface area (Å²) < 4.78 is 5.28. The van der Waals surface area contributed by atoms with Crippen molar-refractivity contribution in [1.82, 2.24) is 0 Å². The van der Waals surface area contributed by atoms with Crippen LogP contribution in [0.5, 0.6) is 0 Å². The van der Waals surface area contributed by atoms with Crippen LogP contribution in [0.3, 0.4) is 0 Å². The molecule has 0 radical (unpaired) electrons. The lowest BCUT2D eigenvalue weighted by molar-refractivity contribution is -0.0406. The highest BCUT2D eigenvalue weighted by atomic mass is 16.5. The lowest BCUT2D eigenvalue weighted by Gasteiger charge is -2.21. The first-order chi connectivity index (χ1) is 6.04. The number of hydrogen-bond acceptors (Lipinski definition) is 2. The molecule has 0 unspecified atom stereocenters. The SMILES string of the molecule is C/C=C/COC(C)(C)CO.CCC. The van der Waals surface area contributed by atoms with E-state index >= 15 is 0 Å². The zero-order valence-electron chi connectivity index (χ0n) is 9.63. The predicted molar refractivity (Wildman–Crippen MR) is 57.9 cm³/mol. The molecule has 0 atom stereocenters. The Morgan fingerprint density at radius 1 is 1.31 bits per heavy atom. The number of allylic oxidation sites excluding steroid dienone is 1. The van der Waals surface area contributed by atoms with Crippen molar-refractivity contribution in [2.45, 2.75) is 46.6 Å². The van der Waals surface area contributed by atoms with Crippen molar-refractivity contribution >= 4 is 0 Å². The molecule has 0 fully saturated rings. The molecule has 1 N–H and O–H groups in total. The molecule has 0 aromatic rings. The van der Waals surface area contributed by atoms with Crippen LogP contribution in [0, 0.1) is 0 Å². The molecule has 0 heterocycles. The molecular formula is C11H24O2. The first-order valence-electron chi connectivity index (χ1n) is 4.90. The van der Waals surface area contributed by atoms with Crippen molar-refractivity contribution in [2.75, 3.05) is 13.2 Å². The number of aliphatic hydroxyl groups is 1. The molecule has 2 nitrogen and oxygen atoms in total. The molecule has 0 spiro atoms. The third-order valence-corrected chi connectivity index (χ3v) is 1.19. The quantitative estimate of drug-likeness (QED) is 0.687. The third kappa shape index (κ3) is 14.5. The molecule has 0 aromatic carbocycles. The predicted octanol–water partition coefficient (Wildman–Crippen LogP) is 2.77. The summed E-state index contributed by atoms with van der Waals surface area (Å²) in [6.07, 6.45) is 5.09. The van der Waals surface area contributed by atoms with E-state index in [0.29, 0.717) is 6.61 Å². The van der Waals surface area contributed by atoms with Gasteiger partial charge in [0.2, 0.25) is 0 Å². The van der Waals surface area contributed by atoms with E-state index < -0.39 is 5.60 Å². The molecule has 0 aromatic heterocycles. The Labute approximate surface area is 82.6 Å². The molecule has 2 heteroatoms. The molecule has 0 aliphatic rings. The maximum Gasteiger partial charge on any atom is 0.0860 e. The molecule has 0 aliphatic heterocycles. The van der Waals surface area contributed by atoms with Crippen LogP contribution in [0.15, 0.2) is 12.2 Å². The van der Waals surface area contributed by atoms with Crippen molar-refractivity contribution in [1.29, 1.82) is 0 Å². The topological polar surface area (TPSA) is 29.5 Å². The minimum Gasteiger partial charge on any atom is -0.393 e. The summed E-state index contributed by atoms with van der Waals surface area (Å²) in [4.78, 5) is 0.